The number of aryl methyl sites for hydroxylation is 1. The number of nitrogens with zero attached hydrogens (tertiary/aromatic N) is 2. The van der Waals surface area contributed by atoms with Gasteiger partial charge >= 0.3 is 5.69 Å². The summed E-state index contributed by atoms with van der Waals surface area (Å²) < 4.78 is 3.16. The van der Waals surface area contributed by atoms with Gasteiger partial charge in [-0.1, -0.05) is 11.6 Å². The maximum Gasteiger partial charge on any atom is 0.331 e. The van der Waals surface area contributed by atoms with Crippen LogP contribution in [0.25, 0.3) is 0 Å². The molecule has 2 aromatic rings. The molecule has 7 heteroatoms. The van der Waals surface area contributed by atoms with Crippen molar-refractivity contribution in [2.24, 2.45) is 0 Å². The zero-order chi connectivity index (χ0) is 13.3. The summed E-state index contributed by atoms with van der Waals surface area (Å²) in [5.74, 6) is 0. The highest BCUT2D eigenvalue weighted by Crippen LogP contribution is 2.21. The Labute approximate surface area is 112 Å². The fraction of sp³-hybridized carbons (Fsp3) is 0.273. The Kier molecular flexibility index (Phi) is 3.58. The van der Waals surface area contributed by atoms with E-state index in [2.05, 4.69) is 0 Å². The van der Waals surface area contributed by atoms with E-state index in [0.29, 0.717) is 10.9 Å². The van der Waals surface area contributed by atoms with Crippen LogP contribution in [0, 0.1) is 0 Å². The molecule has 18 heavy (non-hydrogen) atoms. The number of nitrogen functional groups attached to an aromatic ring is 1. The lowest BCUT2D eigenvalue weighted by Crippen LogP contribution is -2.40. The van der Waals surface area contributed by atoms with Crippen LogP contribution < -0.4 is 17.0 Å². The second-order valence-electron chi connectivity index (χ2n) is 3.75. The van der Waals surface area contributed by atoms with Gasteiger partial charge in [-0.05, 0) is 19.1 Å². The molecule has 96 valence electrons. The molecular formula is C11H12ClN3O2S. The van der Waals surface area contributed by atoms with E-state index >= 15 is 0 Å². The highest BCUT2D eigenvalue weighted by atomic mass is 35.5. The van der Waals surface area contributed by atoms with Gasteiger partial charge in [0.2, 0.25) is 0 Å². The second kappa shape index (κ2) is 4.99. The second-order valence-corrected chi connectivity index (χ2v) is 5.55. The van der Waals surface area contributed by atoms with Gasteiger partial charge in [0.15, 0.2) is 0 Å². The first-order valence-electron chi connectivity index (χ1n) is 5.37. The summed E-state index contributed by atoms with van der Waals surface area (Å²) in [5.41, 5.74) is 4.85. The van der Waals surface area contributed by atoms with E-state index in [4.69, 9.17) is 17.3 Å². The quantitative estimate of drug-likeness (QED) is 0.926. The predicted octanol–water partition coefficient (Wildman–Crippen LogP) is 1.38. The maximum absolute atomic E-state index is 12.0. The van der Waals surface area contributed by atoms with Crippen LogP contribution in [0.3, 0.4) is 0 Å². The average Bonchev–Trinajstić information content (AvgIpc) is 2.75. The van der Waals surface area contributed by atoms with E-state index in [9.17, 15) is 9.59 Å². The van der Waals surface area contributed by atoms with Crippen LogP contribution in [-0.2, 0) is 13.1 Å². The number of aromatic nitrogens is 2. The zero-order valence-electron chi connectivity index (χ0n) is 9.72. The molecule has 0 fully saturated rings. The van der Waals surface area contributed by atoms with E-state index in [1.807, 2.05) is 6.92 Å². The van der Waals surface area contributed by atoms with Crippen molar-refractivity contribution in [2.45, 2.75) is 20.0 Å². The first-order valence-corrected chi connectivity index (χ1v) is 6.56. The predicted molar refractivity (Wildman–Crippen MR) is 73.5 cm³/mol. The molecular weight excluding hydrogens is 274 g/mol. The van der Waals surface area contributed by atoms with Gasteiger partial charge in [-0.25, -0.2) is 4.79 Å². The Bertz CT molecular complexity index is 686. The van der Waals surface area contributed by atoms with Crippen molar-refractivity contribution in [3.05, 3.63) is 48.4 Å². The third kappa shape index (κ3) is 2.34. The molecule has 2 aromatic heterocycles. The maximum atomic E-state index is 12.0. The van der Waals surface area contributed by atoms with E-state index in [1.54, 1.807) is 12.1 Å². The number of anilines is 1. The third-order valence-electron chi connectivity index (χ3n) is 2.55. The van der Waals surface area contributed by atoms with Crippen molar-refractivity contribution in [1.29, 1.82) is 0 Å². The monoisotopic (exact) mass is 285 g/mol. The molecule has 2 rings (SSSR count). The summed E-state index contributed by atoms with van der Waals surface area (Å²) >= 11 is 7.16. The summed E-state index contributed by atoms with van der Waals surface area (Å²) in [7, 11) is 0. The number of hydrogen-bond acceptors (Lipinski definition) is 4. The Morgan fingerprint density at radius 1 is 1.39 bits per heavy atom. The van der Waals surface area contributed by atoms with Crippen LogP contribution in [-0.4, -0.2) is 9.13 Å². The van der Waals surface area contributed by atoms with Gasteiger partial charge in [-0.2, -0.15) is 0 Å². The van der Waals surface area contributed by atoms with Gasteiger partial charge in [-0.15, -0.1) is 11.3 Å². The molecule has 0 aliphatic carbocycles. The molecule has 0 radical (unpaired) electrons. The lowest BCUT2D eigenvalue weighted by molar-refractivity contribution is 0.606. The van der Waals surface area contributed by atoms with E-state index < -0.39 is 5.56 Å². The Hall–Kier alpha value is -1.53. The molecule has 0 saturated carbocycles. The largest absolute Gasteiger partial charge is 0.393 e. The smallest absolute Gasteiger partial charge is 0.331 e. The van der Waals surface area contributed by atoms with Crippen molar-refractivity contribution in [3.63, 3.8) is 0 Å². The molecule has 0 atom stereocenters. The molecule has 2 heterocycles. The van der Waals surface area contributed by atoms with Gasteiger partial charge in [0.25, 0.3) is 5.56 Å². The summed E-state index contributed by atoms with van der Waals surface area (Å²) in [6.45, 7) is 2.48. The van der Waals surface area contributed by atoms with Crippen LogP contribution in [0.15, 0.2) is 27.9 Å². The van der Waals surface area contributed by atoms with E-state index in [0.717, 1.165) is 9.44 Å². The number of thiophene rings is 1. The molecule has 5 nitrogen and oxygen atoms in total. The standard InChI is InChI=1S/C11H12ClN3O2S/c1-2-14-6-8(13)10(16)15(11(14)17)5-7-3-4-9(12)18-7/h3-4,6H,2,5,13H2,1H3. The van der Waals surface area contributed by atoms with Crippen molar-refractivity contribution < 1.29 is 0 Å². The van der Waals surface area contributed by atoms with Gasteiger partial charge in [0, 0.05) is 17.6 Å². The van der Waals surface area contributed by atoms with E-state index in [-0.39, 0.29) is 17.9 Å². The van der Waals surface area contributed by atoms with Crippen LogP contribution in [0.1, 0.15) is 11.8 Å². The molecule has 0 aliphatic heterocycles. The highest BCUT2D eigenvalue weighted by molar-refractivity contribution is 7.16. The SMILES string of the molecule is CCn1cc(N)c(=O)n(Cc2ccc(Cl)s2)c1=O. The molecule has 0 spiro atoms. The van der Waals surface area contributed by atoms with Crippen molar-refractivity contribution in [1.82, 2.24) is 9.13 Å². The zero-order valence-corrected chi connectivity index (χ0v) is 11.3. The van der Waals surface area contributed by atoms with Crippen molar-refractivity contribution in [2.75, 3.05) is 5.73 Å². The van der Waals surface area contributed by atoms with Gasteiger partial charge in [-0.3, -0.25) is 13.9 Å². The fourth-order valence-corrected chi connectivity index (χ4v) is 2.71. The Balaban J connectivity index is 2.53. The first kappa shape index (κ1) is 12.9. The minimum absolute atomic E-state index is 0.0686. The minimum Gasteiger partial charge on any atom is -0.393 e. The van der Waals surface area contributed by atoms with Gasteiger partial charge < -0.3 is 5.73 Å². The molecule has 0 saturated heterocycles. The van der Waals surface area contributed by atoms with Gasteiger partial charge in [0.05, 0.1) is 10.9 Å². The fourth-order valence-electron chi connectivity index (χ4n) is 1.63. The molecule has 0 unspecified atom stereocenters. The minimum atomic E-state index is -0.464. The molecule has 2 N–H and O–H groups in total. The van der Waals surface area contributed by atoms with Crippen molar-refractivity contribution >= 4 is 28.6 Å². The summed E-state index contributed by atoms with van der Waals surface area (Å²) in [5, 5.41) is 0. The molecule has 0 aliphatic rings. The van der Waals surface area contributed by atoms with Gasteiger partial charge in [0.1, 0.15) is 5.69 Å². The first-order chi connectivity index (χ1) is 8.52. The molecule has 0 bridgehead atoms. The van der Waals surface area contributed by atoms with Crippen molar-refractivity contribution in [3.8, 4) is 0 Å². The Morgan fingerprint density at radius 2 is 2.11 bits per heavy atom. The van der Waals surface area contributed by atoms with Crippen LogP contribution in [0.4, 0.5) is 5.69 Å². The number of halogens is 1. The lowest BCUT2D eigenvalue weighted by atomic mass is 10.4. The molecule has 0 aromatic carbocycles. The van der Waals surface area contributed by atoms with E-state index in [1.165, 1.54) is 22.1 Å². The number of rotatable bonds is 3. The van der Waals surface area contributed by atoms with Crippen LogP contribution >= 0.6 is 22.9 Å². The van der Waals surface area contributed by atoms with Crippen LogP contribution in [0.5, 0.6) is 0 Å². The normalized spacial score (nSPS) is 10.8. The summed E-state index contributed by atoms with van der Waals surface area (Å²) in [6.07, 6.45) is 1.38. The number of nitrogens with two attached hydrogens (primary N) is 1. The third-order valence-corrected chi connectivity index (χ3v) is 3.76. The average molecular weight is 286 g/mol. The van der Waals surface area contributed by atoms with Crippen LogP contribution in [0.2, 0.25) is 4.34 Å². The Morgan fingerprint density at radius 3 is 2.67 bits per heavy atom. The summed E-state index contributed by atoms with van der Waals surface area (Å²) in [4.78, 5) is 24.7. The lowest BCUT2D eigenvalue weighted by Gasteiger charge is -2.08. The number of hydrogen-bond donors (Lipinski definition) is 1. The molecule has 0 amide bonds. The highest BCUT2D eigenvalue weighted by Gasteiger charge is 2.10. The summed E-state index contributed by atoms with van der Waals surface area (Å²) in [6, 6.07) is 3.52. The topological polar surface area (TPSA) is 70.0 Å².